The molecule has 0 aliphatic rings. The van der Waals surface area contributed by atoms with Crippen molar-refractivity contribution in [1.82, 2.24) is 10.3 Å². The molecule has 2 atom stereocenters. The summed E-state index contributed by atoms with van der Waals surface area (Å²) in [6, 6.07) is 0.576. The van der Waals surface area contributed by atoms with Crippen LogP contribution >= 0.6 is 11.3 Å². The third-order valence-electron chi connectivity index (χ3n) is 2.77. The van der Waals surface area contributed by atoms with Crippen molar-refractivity contribution in [2.75, 3.05) is 6.54 Å². The molecule has 15 heavy (non-hydrogen) atoms. The Labute approximate surface area is 97.1 Å². The van der Waals surface area contributed by atoms with Gasteiger partial charge in [-0.3, -0.25) is 0 Å². The monoisotopic (exact) mass is 226 g/mol. The van der Waals surface area contributed by atoms with Gasteiger partial charge in [0.15, 0.2) is 0 Å². The quantitative estimate of drug-likeness (QED) is 0.806. The van der Waals surface area contributed by atoms with Crippen LogP contribution in [0.2, 0.25) is 0 Å². The minimum absolute atomic E-state index is 0.576. The predicted octanol–water partition coefficient (Wildman–Crippen LogP) is 3.02. The Bertz CT molecular complexity index is 283. The molecule has 0 saturated carbocycles. The van der Waals surface area contributed by atoms with E-state index in [4.69, 9.17) is 0 Å². The standard InChI is InChI=1S/C12H22N2S/c1-5-6-13-10(3)9(2)7-12-8-15-11(4)14-12/h8-10,13H,5-7H2,1-4H3. The lowest BCUT2D eigenvalue weighted by Gasteiger charge is -2.20. The van der Waals surface area contributed by atoms with Crippen LogP contribution in [0.15, 0.2) is 5.38 Å². The second kappa shape index (κ2) is 6.23. The number of rotatable bonds is 6. The summed E-state index contributed by atoms with van der Waals surface area (Å²) in [6.07, 6.45) is 2.29. The van der Waals surface area contributed by atoms with Crippen LogP contribution in [0.1, 0.15) is 37.9 Å². The maximum absolute atomic E-state index is 4.50. The third-order valence-corrected chi connectivity index (χ3v) is 3.59. The molecule has 0 saturated heterocycles. The number of hydrogen-bond donors (Lipinski definition) is 1. The van der Waals surface area contributed by atoms with Crippen LogP contribution in [-0.2, 0) is 6.42 Å². The Morgan fingerprint density at radius 3 is 2.73 bits per heavy atom. The molecule has 0 spiro atoms. The molecule has 1 aromatic heterocycles. The van der Waals surface area contributed by atoms with Crippen LogP contribution in [0.25, 0.3) is 0 Å². The zero-order valence-corrected chi connectivity index (χ0v) is 11.0. The van der Waals surface area contributed by atoms with Gasteiger partial charge >= 0.3 is 0 Å². The molecule has 1 N–H and O–H groups in total. The molecule has 0 fully saturated rings. The molecule has 0 aliphatic heterocycles. The molecule has 0 bridgehead atoms. The van der Waals surface area contributed by atoms with Gasteiger partial charge in [0.05, 0.1) is 10.7 Å². The summed E-state index contributed by atoms with van der Waals surface area (Å²) < 4.78 is 0. The first-order valence-corrected chi connectivity index (χ1v) is 6.65. The summed E-state index contributed by atoms with van der Waals surface area (Å²) in [7, 11) is 0. The highest BCUT2D eigenvalue weighted by atomic mass is 32.1. The number of aryl methyl sites for hydroxylation is 1. The highest BCUT2D eigenvalue weighted by molar-refractivity contribution is 7.09. The van der Waals surface area contributed by atoms with Crippen molar-refractivity contribution in [2.45, 2.75) is 46.6 Å². The van der Waals surface area contributed by atoms with Crippen molar-refractivity contribution in [2.24, 2.45) is 5.92 Å². The third kappa shape index (κ3) is 4.31. The largest absolute Gasteiger partial charge is 0.314 e. The van der Waals surface area contributed by atoms with E-state index < -0.39 is 0 Å². The number of hydrogen-bond acceptors (Lipinski definition) is 3. The zero-order chi connectivity index (χ0) is 11.3. The maximum Gasteiger partial charge on any atom is 0.0897 e. The van der Waals surface area contributed by atoms with Gasteiger partial charge < -0.3 is 5.32 Å². The molecule has 1 heterocycles. The summed E-state index contributed by atoms with van der Waals surface area (Å²) in [5.74, 6) is 0.651. The van der Waals surface area contributed by atoms with E-state index >= 15 is 0 Å². The topological polar surface area (TPSA) is 24.9 Å². The summed E-state index contributed by atoms with van der Waals surface area (Å²) in [6.45, 7) is 9.94. The predicted molar refractivity (Wildman–Crippen MR) is 67.5 cm³/mol. The van der Waals surface area contributed by atoms with Crippen molar-refractivity contribution in [1.29, 1.82) is 0 Å². The van der Waals surface area contributed by atoms with Gasteiger partial charge in [0.1, 0.15) is 0 Å². The first-order valence-electron chi connectivity index (χ1n) is 5.77. The summed E-state index contributed by atoms with van der Waals surface area (Å²) in [5, 5.41) is 6.89. The number of nitrogens with one attached hydrogen (secondary N) is 1. The molecule has 0 radical (unpaired) electrons. The van der Waals surface area contributed by atoms with Crippen LogP contribution in [0.5, 0.6) is 0 Å². The summed E-state index contributed by atoms with van der Waals surface area (Å²) >= 11 is 1.74. The van der Waals surface area contributed by atoms with Gasteiger partial charge in [-0.2, -0.15) is 0 Å². The van der Waals surface area contributed by atoms with E-state index in [9.17, 15) is 0 Å². The second-order valence-corrected chi connectivity index (χ2v) is 5.34. The molecule has 86 valence electrons. The van der Waals surface area contributed by atoms with Crippen molar-refractivity contribution in [3.63, 3.8) is 0 Å². The molecular formula is C12H22N2S. The Hall–Kier alpha value is -0.410. The van der Waals surface area contributed by atoms with Crippen molar-refractivity contribution in [3.05, 3.63) is 16.1 Å². The van der Waals surface area contributed by atoms with E-state index in [0.717, 1.165) is 13.0 Å². The fourth-order valence-electron chi connectivity index (χ4n) is 1.58. The molecule has 2 unspecified atom stereocenters. The first-order chi connectivity index (χ1) is 7.13. The van der Waals surface area contributed by atoms with E-state index in [0.29, 0.717) is 12.0 Å². The molecule has 3 heteroatoms. The molecule has 1 rings (SSSR count). The lowest BCUT2D eigenvalue weighted by atomic mass is 9.98. The molecule has 0 aromatic carbocycles. The van der Waals surface area contributed by atoms with Gasteiger partial charge in [-0.1, -0.05) is 13.8 Å². The minimum atomic E-state index is 0.576. The molecule has 0 aliphatic carbocycles. The van der Waals surface area contributed by atoms with Crippen molar-refractivity contribution >= 4 is 11.3 Å². The lowest BCUT2D eigenvalue weighted by Crippen LogP contribution is -2.33. The Balaban J connectivity index is 2.37. The average molecular weight is 226 g/mol. The Kier molecular flexibility index (Phi) is 5.26. The van der Waals surface area contributed by atoms with E-state index in [1.807, 2.05) is 0 Å². The first kappa shape index (κ1) is 12.7. The van der Waals surface area contributed by atoms with Gasteiger partial charge in [-0.25, -0.2) is 4.98 Å². The maximum atomic E-state index is 4.50. The van der Waals surface area contributed by atoms with Crippen LogP contribution in [0.4, 0.5) is 0 Å². The van der Waals surface area contributed by atoms with E-state index in [1.54, 1.807) is 11.3 Å². The van der Waals surface area contributed by atoms with Crippen LogP contribution in [0.3, 0.4) is 0 Å². The van der Waals surface area contributed by atoms with Crippen LogP contribution < -0.4 is 5.32 Å². The normalized spacial score (nSPS) is 15.2. The number of nitrogens with zero attached hydrogens (tertiary/aromatic N) is 1. The average Bonchev–Trinajstić information content (AvgIpc) is 2.60. The van der Waals surface area contributed by atoms with Gasteiger partial charge in [0.2, 0.25) is 0 Å². The fourth-order valence-corrected chi connectivity index (χ4v) is 2.21. The molecule has 2 nitrogen and oxygen atoms in total. The Morgan fingerprint density at radius 1 is 1.47 bits per heavy atom. The highest BCUT2D eigenvalue weighted by Crippen LogP contribution is 2.14. The smallest absolute Gasteiger partial charge is 0.0897 e. The van der Waals surface area contributed by atoms with Crippen LogP contribution in [-0.4, -0.2) is 17.6 Å². The lowest BCUT2D eigenvalue weighted by molar-refractivity contribution is 0.397. The van der Waals surface area contributed by atoms with E-state index in [2.05, 4.69) is 43.4 Å². The molecule has 0 amide bonds. The number of aromatic nitrogens is 1. The van der Waals surface area contributed by atoms with Gasteiger partial charge in [-0.15, -0.1) is 11.3 Å². The fraction of sp³-hybridized carbons (Fsp3) is 0.750. The van der Waals surface area contributed by atoms with Crippen molar-refractivity contribution < 1.29 is 0 Å². The summed E-state index contributed by atoms with van der Waals surface area (Å²) in [4.78, 5) is 4.50. The van der Waals surface area contributed by atoms with Crippen LogP contribution in [0, 0.1) is 12.8 Å². The van der Waals surface area contributed by atoms with Gasteiger partial charge in [0, 0.05) is 11.4 Å². The Morgan fingerprint density at radius 2 is 2.20 bits per heavy atom. The SMILES string of the molecule is CCCNC(C)C(C)Cc1csc(C)n1. The van der Waals surface area contributed by atoms with E-state index in [-0.39, 0.29) is 0 Å². The van der Waals surface area contributed by atoms with Crippen molar-refractivity contribution in [3.8, 4) is 0 Å². The second-order valence-electron chi connectivity index (χ2n) is 4.28. The summed E-state index contributed by atoms with van der Waals surface area (Å²) in [5.41, 5.74) is 1.25. The molecule has 1 aromatic rings. The number of thiazole rings is 1. The molecular weight excluding hydrogens is 204 g/mol. The minimum Gasteiger partial charge on any atom is -0.314 e. The zero-order valence-electron chi connectivity index (χ0n) is 10.2. The highest BCUT2D eigenvalue weighted by Gasteiger charge is 2.13. The van der Waals surface area contributed by atoms with Gasteiger partial charge in [-0.05, 0) is 39.2 Å². The van der Waals surface area contributed by atoms with E-state index in [1.165, 1.54) is 17.1 Å². The van der Waals surface area contributed by atoms with Gasteiger partial charge in [0.25, 0.3) is 0 Å².